The highest BCUT2D eigenvalue weighted by Crippen LogP contribution is 2.21. The standard InChI is InChI=1S/C15H12O2.2C2H6/c1-2-10-6-5-8-12-14(16)11-7-3-4-9-13(11)17-15(10)12;2*1-2/h3-9H,2H2,1H3;2*1-2H3. The Kier molecular flexibility index (Phi) is 6.67. The fraction of sp³-hybridized carbons (Fsp3) is 0.316. The van der Waals surface area contributed by atoms with Crippen molar-refractivity contribution in [1.82, 2.24) is 0 Å². The van der Waals surface area contributed by atoms with E-state index < -0.39 is 0 Å². The van der Waals surface area contributed by atoms with Gasteiger partial charge in [0.25, 0.3) is 0 Å². The normalized spacial score (nSPS) is 9.57. The Balaban J connectivity index is 0.000000510. The summed E-state index contributed by atoms with van der Waals surface area (Å²) in [5, 5.41) is 1.32. The van der Waals surface area contributed by atoms with Crippen molar-refractivity contribution < 1.29 is 4.42 Å². The van der Waals surface area contributed by atoms with E-state index >= 15 is 0 Å². The first-order valence-corrected chi connectivity index (χ1v) is 7.74. The second-order valence-electron chi connectivity index (χ2n) is 4.07. The summed E-state index contributed by atoms with van der Waals surface area (Å²) in [6.45, 7) is 10.1. The Hall–Kier alpha value is -2.09. The number of rotatable bonds is 1. The Labute approximate surface area is 126 Å². The third-order valence-corrected chi connectivity index (χ3v) is 3.07. The maximum Gasteiger partial charge on any atom is 0.200 e. The fourth-order valence-corrected chi connectivity index (χ4v) is 2.16. The SMILES string of the molecule is CC.CC.CCc1cccc2c(=O)c3ccccc3oc12. The average molecular weight is 284 g/mol. The molecule has 0 bridgehead atoms. The van der Waals surface area contributed by atoms with Crippen LogP contribution in [0, 0.1) is 0 Å². The van der Waals surface area contributed by atoms with Crippen molar-refractivity contribution in [2.45, 2.75) is 41.0 Å². The third kappa shape index (κ3) is 3.33. The molecule has 112 valence electrons. The molecule has 0 fully saturated rings. The third-order valence-electron chi connectivity index (χ3n) is 3.07. The van der Waals surface area contributed by atoms with Gasteiger partial charge in [-0.05, 0) is 30.2 Å². The number of aryl methyl sites for hydroxylation is 1. The van der Waals surface area contributed by atoms with Crippen LogP contribution in [0.5, 0.6) is 0 Å². The molecule has 21 heavy (non-hydrogen) atoms. The first-order chi connectivity index (χ1) is 10.3. The van der Waals surface area contributed by atoms with Crippen LogP contribution in [-0.2, 0) is 6.42 Å². The van der Waals surface area contributed by atoms with Gasteiger partial charge in [-0.3, -0.25) is 4.79 Å². The molecule has 3 aromatic rings. The molecule has 2 heteroatoms. The quantitative estimate of drug-likeness (QED) is 0.547. The molecule has 0 spiro atoms. The Morgan fingerprint density at radius 3 is 2.14 bits per heavy atom. The summed E-state index contributed by atoms with van der Waals surface area (Å²) in [4.78, 5) is 12.3. The lowest BCUT2D eigenvalue weighted by Gasteiger charge is -2.04. The minimum atomic E-state index is 0.0529. The van der Waals surface area contributed by atoms with E-state index in [0.29, 0.717) is 16.4 Å². The van der Waals surface area contributed by atoms with E-state index in [1.54, 1.807) is 6.07 Å². The van der Waals surface area contributed by atoms with Crippen LogP contribution in [-0.4, -0.2) is 0 Å². The van der Waals surface area contributed by atoms with Crippen molar-refractivity contribution in [1.29, 1.82) is 0 Å². The van der Waals surface area contributed by atoms with Crippen molar-refractivity contribution in [3.05, 3.63) is 58.3 Å². The Morgan fingerprint density at radius 2 is 1.48 bits per heavy atom. The molecule has 0 saturated heterocycles. The zero-order chi connectivity index (χ0) is 15.8. The van der Waals surface area contributed by atoms with Gasteiger partial charge in [0.15, 0.2) is 0 Å². The summed E-state index contributed by atoms with van der Waals surface area (Å²) in [7, 11) is 0. The smallest absolute Gasteiger partial charge is 0.200 e. The second kappa shape index (κ2) is 8.25. The van der Waals surface area contributed by atoms with Crippen molar-refractivity contribution in [3.8, 4) is 0 Å². The molecular formula is C19H24O2. The lowest BCUT2D eigenvalue weighted by molar-refractivity contribution is 0.654. The van der Waals surface area contributed by atoms with Crippen LogP contribution in [0.15, 0.2) is 51.7 Å². The number of fused-ring (bicyclic) bond motifs is 2. The summed E-state index contributed by atoms with van der Waals surface area (Å²) in [5.74, 6) is 0. The van der Waals surface area contributed by atoms with Gasteiger partial charge in [0.1, 0.15) is 11.2 Å². The molecule has 1 aromatic heterocycles. The number of para-hydroxylation sites is 2. The van der Waals surface area contributed by atoms with Crippen molar-refractivity contribution in [2.24, 2.45) is 0 Å². The average Bonchev–Trinajstić information content (AvgIpc) is 2.58. The van der Waals surface area contributed by atoms with Crippen LogP contribution >= 0.6 is 0 Å². The summed E-state index contributed by atoms with van der Waals surface area (Å²) in [6, 6.07) is 13.1. The molecule has 0 aliphatic carbocycles. The van der Waals surface area contributed by atoms with Crippen molar-refractivity contribution >= 4 is 21.9 Å². The van der Waals surface area contributed by atoms with Gasteiger partial charge in [-0.2, -0.15) is 0 Å². The molecule has 0 unspecified atom stereocenters. The molecule has 2 aromatic carbocycles. The van der Waals surface area contributed by atoms with Crippen LogP contribution in [0.2, 0.25) is 0 Å². The van der Waals surface area contributed by atoms with Gasteiger partial charge in [-0.15, -0.1) is 0 Å². The molecule has 0 radical (unpaired) electrons. The Bertz CT molecular complexity index is 754. The topological polar surface area (TPSA) is 30.2 Å². The zero-order valence-electron chi connectivity index (χ0n) is 13.6. The molecule has 0 aliphatic heterocycles. The summed E-state index contributed by atoms with van der Waals surface area (Å²) >= 11 is 0. The number of hydrogen-bond acceptors (Lipinski definition) is 2. The predicted octanol–water partition coefficient (Wildman–Crippen LogP) is 5.56. The monoisotopic (exact) mass is 284 g/mol. The summed E-state index contributed by atoms with van der Waals surface area (Å²) in [6.07, 6.45) is 0.860. The van der Waals surface area contributed by atoms with E-state index in [1.165, 1.54) is 0 Å². The van der Waals surface area contributed by atoms with Crippen LogP contribution in [0.1, 0.15) is 40.2 Å². The van der Waals surface area contributed by atoms with E-state index in [9.17, 15) is 4.79 Å². The summed E-state index contributed by atoms with van der Waals surface area (Å²) in [5.41, 5.74) is 2.51. The highest BCUT2D eigenvalue weighted by atomic mass is 16.3. The van der Waals surface area contributed by atoms with E-state index in [0.717, 1.165) is 17.6 Å². The maximum absolute atomic E-state index is 12.3. The van der Waals surface area contributed by atoms with E-state index in [-0.39, 0.29) is 5.43 Å². The van der Waals surface area contributed by atoms with Gasteiger partial charge in [-0.25, -0.2) is 0 Å². The molecule has 0 saturated carbocycles. The van der Waals surface area contributed by atoms with Gasteiger partial charge in [-0.1, -0.05) is 58.9 Å². The van der Waals surface area contributed by atoms with Gasteiger partial charge in [0.2, 0.25) is 5.43 Å². The molecule has 3 rings (SSSR count). The fourth-order valence-electron chi connectivity index (χ4n) is 2.16. The largest absolute Gasteiger partial charge is 0.456 e. The highest BCUT2D eigenvalue weighted by molar-refractivity contribution is 5.90. The lowest BCUT2D eigenvalue weighted by Crippen LogP contribution is -2.02. The first kappa shape index (κ1) is 17.0. The molecule has 0 aliphatic rings. The molecular weight excluding hydrogens is 260 g/mol. The molecule has 1 heterocycles. The van der Waals surface area contributed by atoms with Gasteiger partial charge in [0, 0.05) is 0 Å². The second-order valence-corrected chi connectivity index (χ2v) is 4.07. The zero-order valence-corrected chi connectivity index (χ0v) is 13.6. The maximum atomic E-state index is 12.3. The Morgan fingerprint density at radius 1 is 0.857 bits per heavy atom. The minimum Gasteiger partial charge on any atom is -0.456 e. The minimum absolute atomic E-state index is 0.0529. The first-order valence-electron chi connectivity index (χ1n) is 7.74. The van der Waals surface area contributed by atoms with Crippen molar-refractivity contribution in [3.63, 3.8) is 0 Å². The molecule has 0 N–H and O–H groups in total. The van der Waals surface area contributed by atoms with Crippen LogP contribution in [0.3, 0.4) is 0 Å². The molecule has 0 amide bonds. The van der Waals surface area contributed by atoms with Crippen molar-refractivity contribution in [2.75, 3.05) is 0 Å². The molecule has 0 atom stereocenters. The number of benzene rings is 2. The van der Waals surface area contributed by atoms with Crippen LogP contribution in [0.25, 0.3) is 21.9 Å². The van der Waals surface area contributed by atoms with Crippen LogP contribution < -0.4 is 5.43 Å². The van der Waals surface area contributed by atoms with E-state index in [1.807, 2.05) is 64.1 Å². The van der Waals surface area contributed by atoms with E-state index in [4.69, 9.17) is 4.42 Å². The molecule has 2 nitrogen and oxygen atoms in total. The number of hydrogen-bond donors (Lipinski definition) is 0. The van der Waals surface area contributed by atoms with Gasteiger partial charge < -0.3 is 4.42 Å². The van der Waals surface area contributed by atoms with Crippen LogP contribution in [0.4, 0.5) is 0 Å². The highest BCUT2D eigenvalue weighted by Gasteiger charge is 2.08. The van der Waals surface area contributed by atoms with E-state index in [2.05, 4.69) is 6.92 Å². The van der Waals surface area contributed by atoms with Gasteiger partial charge >= 0.3 is 0 Å². The summed E-state index contributed by atoms with van der Waals surface area (Å²) < 4.78 is 5.85. The lowest BCUT2D eigenvalue weighted by atomic mass is 10.1. The van der Waals surface area contributed by atoms with Gasteiger partial charge in [0.05, 0.1) is 10.8 Å². The predicted molar refractivity (Wildman–Crippen MR) is 92.1 cm³/mol.